The van der Waals surface area contributed by atoms with Crippen LogP contribution < -0.4 is 5.32 Å². The summed E-state index contributed by atoms with van der Waals surface area (Å²) in [6.07, 6.45) is 10.3. The van der Waals surface area contributed by atoms with Crippen molar-refractivity contribution in [2.24, 2.45) is 0 Å². The molecule has 0 aromatic heterocycles. The van der Waals surface area contributed by atoms with Crippen LogP contribution in [0.5, 0.6) is 0 Å². The van der Waals surface area contributed by atoms with E-state index in [4.69, 9.17) is 12.2 Å². The van der Waals surface area contributed by atoms with Gasteiger partial charge in [0.1, 0.15) is 4.32 Å². The van der Waals surface area contributed by atoms with Crippen molar-refractivity contribution in [3.05, 3.63) is 12.3 Å². The number of nitrogens with one attached hydrogen (secondary N) is 1. The zero-order chi connectivity index (χ0) is 9.23. The molecule has 0 radical (unpaired) electrons. The zero-order valence-electron chi connectivity index (χ0n) is 7.55. The van der Waals surface area contributed by atoms with E-state index in [1.54, 1.807) is 0 Å². The van der Waals surface area contributed by atoms with E-state index in [1.165, 1.54) is 25.7 Å². The first kappa shape index (κ1) is 12.0. The summed E-state index contributed by atoms with van der Waals surface area (Å²) < 4.78 is 0.528. The highest BCUT2D eigenvalue weighted by atomic mass is 32.1. The zero-order valence-corrected chi connectivity index (χ0v) is 9.26. The van der Waals surface area contributed by atoms with Crippen LogP contribution in [0.1, 0.15) is 39.0 Å². The lowest BCUT2D eigenvalue weighted by Crippen LogP contribution is -2.05. The van der Waals surface area contributed by atoms with Crippen molar-refractivity contribution in [1.29, 1.82) is 0 Å². The second-order valence-electron chi connectivity index (χ2n) is 2.70. The molecule has 70 valence electrons. The Labute approximate surface area is 86.0 Å². The summed E-state index contributed by atoms with van der Waals surface area (Å²) in [6, 6.07) is 0. The Hall–Kier alpha value is -0.0200. The first-order valence-electron chi connectivity index (χ1n) is 4.42. The van der Waals surface area contributed by atoms with Gasteiger partial charge in [-0.2, -0.15) is 0 Å². The molecule has 0 aliphatic carbocycles. The summed E-state index contributed by atoms with van der Waals surface area (Å²) in [6.45, 7) is 2.22. The predicted molar refractivity (Wildman–Crippen MR) is 62.6 cm³/mol. The highest BCUT2D eigenvalue weighted by molar-refractivity contribution is 8.11. The molecule has 0 fully saturated rings. The summed E-state index contributed by atoms with van der Waals surface area (Å²) in [5, 5.41) is 2.85. The van der Waals surface area contributed by atoms with E-state index in [-0.39, 0.29) is 0 Å². The molecule has 0 saturated carbocycles. The van der Waals surface area contributed by atoms with Gasteiger partial charge in [-0.25, -0.2) is 0 Å². The lowest BCUT2D eigenvalue weighted by atomic mass is 10.1. The van der Waals surface area contributed by atoms with E-state index >= 15 is 0 Å². The highest BCUT2D eigenvalue weighted by Crippen LogP contribution is 2.02. The summed E-state index contributed by atoms with van der Waals surface area (Å²) in [7, 11) is 0. The van der Waals surface area contributed by atoms with Gasteiger partial charge in [0.15, 0.2) is 0 Å². The number of hydrogen-bond donors (Lipinski definition) is 2. The van der Waals surface area contributed by atoms with Gasteiger partial charge in [-0.15, -0.1) is 12.6 Å². The van der Waals surface area contributed by atoms with Gasteiger partial charge in [-0.05, 0) is 19.0 Å². The lowest BCUT2D eigenvalue weighted by molar-refractivity contribution is 0.674. The Kier molecular flexibility index (Phi) is 9.06. The molecule has 12 heavy (non-hydrogen) atoms. The molecule has 0 aromatic carbocycles. The Balaban J connectivity index is 3.08. The van der Waals surface area contributed by atoms with Crippen LogP contribution in [0.2, 0.25) is 0 Å². The van der Waals surface area contributed by atoms with Gasteiger partial charge in [0.25, 0.3) is 0 Å². The van der Waals surface area contributed by atoms with Crippen molar-refractivity contribution < 1.29 is 0 Å². The van der Waals surface area contributed by atoms with Gasteiger partial charge < -0.3 is 5.32 Å². The molecule has 0 spiro atoms. The molecule has 0 saturated heterocycles. The first-order valence-corrected chi connectivity index (χ1v) is 5.27. The Bertz CT molecular complexity index is 143. The fraction of sp³-hybridized carbons (Fsp3) is 0.667. The second kappa shape index (κ2) is 9.07. The van der Waals surface area contributed by atoms with Crippen molar-refractivity contribution in [2.75, 3.05) is 0 Å². The number of unbranched alkanes of at least 4 members (excludes halogenated alkanes) is 4. The van der Waals surface area contributed by atoms with Crippen molar-refractivity contribution in [3.63, 3.8) is 0 Å². The van der Waals surface area contributed by atoms with E-state index < -0.39 is 0 Å². The Morgan fingerprint density at radius 3 is 2.75 bits per heavy atom. The van der Waals surface area contributed by atoms with Gasteiger partial charge in [0.2, 0.25) is 0 Å². The smallest absolute Gasteiger partial charge is 0.134 e. The third kappa shape index (κ3) is 9.98. The lowest BCUT2D eigenvalue weighted by Gasteiger charge is -1.95. The molecule has 0 bridgehead atoms. The average molecular weight is 203 g/mol. The quantitative estimate of drug-likeness (QED) is 0.390. The van der Waals surface area contributed by atoms with Crippen molar-refractivity contribution in [1.82, 2.24) is 5.32 Å². The minimum absolute atomic E-state index is 0.528. The largest absolute Gasteiger partial charge is 0.348 e. The Morgan fingerprint density at radius 2 is 2.17 bits per heavy atom. The van der Waals surface area contributed by atoms with Crippen molar-refractivity contribution >= 4 is 29.2 Å². The normalized spacial score (nSPS) is 10.5. The molecule has 0 rings (SSSR count). The van der Waals surface area contributed by atoms with Crippen LogP contribution in [0.25, 0.3) is 0 Å². The molecule has 3 heteroatoms. The molecule has 0 unspecified atom stereocenters. The van der Waals surface area contributed by atoms with E-state index in [0.717, 1.165) is 6.42 Å². The number of allylic oxidation sites excluding steroid dienone is 1. The molecule has 1 nitrogen and oxygen atoms in total. The highest BCUT2D eigenvalue weighted by Gasteiger charge is 1.84. The summed E-state index contributed by atoms with van der Waals surface area (Å²) >= 11 is 8.64. The fourth-order valence-corrected chi connectivity index (χ4v) is 1.05. The number of thiol groups is 1. The maximum atomic E-state index is 4.72. The van der Waals surface area contributed by atoms with E-state index in [1.807, 2.05) is 6.20 Å². The molecule has 0 aromatic rings. The molecule has 0 aliphatic heterocycles. The van der Waals surface area contributed by atoms with E-state index in [2.05, 4.69) is 30.9 Å². The van der Waals surface area contributed by atoms with Gasteiger partial charge in [0, 0.05) is 0 Å². The molecule has 0 aliphatic rings. The molecular formula is C9H17NS2. The molecule has 0 amide bonds. The number of thiocarbonyl (C=S) groups is 1. The van der Waals surface area contributed by atoms with Gasteiger partial charge in [0.05, 0.1) is 0 Å². The van der Waals surface area contributed by atoms with Crippen molar-refractivity contribution in [3.8, 4) is 0 Å². The van der Waals surface area contributed by atoms with Crippen LogP contribution in [-0.4, -0.2) is 4.32 Å². The van der Waals surface area contributed by atoms with Crippen LogP contribution in [0.4, 0.5) is 0 Å². The summed E-state index contributed by atoms with van der Waals surface area (Å²) in [5.41, 5.74) is 0. The van der Waals surface area contributed by atoms with Crippen LogP contribution >= 0.6 is 24.8 Å². The van der Waals surface area contributed by atoms with Gasteiger partial charge in [-0.1, -0.05) is 44.5 Å². The number of hydrogen-bond acceptors (Lipinski definition) is 1. The third-order valence-corrected chi connectivity index (χ3v) is 1.80. The minimum atomic E-state index is 0.528. The molecule has 0 heterocycles. The van der Waals surface area contributed by atoms with Crippen LogP contribution in [0, 0.1) is 0 Å². The Morgan fingerprint density at radius 1 is 1.42 bits per heavy atom. The standard InChI is InChI=1S/C9H17NS2/c1-2-3-4-5-6-7-8-10-9(11)12/h7-8H,2-6H2,1H3,(H2,10,11,12). The predicted octanol–water partition coefficient (Wildman–Crippen LogP) is 3.27. The fourth-order valence-electron chi connectivity index (χ4n) is 0.903. The molecule has 0 atom stereocenters. The maximum absolute atomic E-state index is 4.72. The summed E-state index contributed by atoms with van der Waals surface area (Å²) in [4.78, 5) is 0. The van der Waals surface area contributed by atoms with Gasteiger partial charge >= 0.3 is 0 Å². The number of rotatable bonds is 6. The van der Waals surface area contributed by atoms with Gasteiger partial charge in [-0.3, -0.25) is 0 Å². The van der Waals surface area contributed by atoms with Crippen LogP contribution in [0.15, 0.2) is 12.3 Å². The maximum Gasteiger partial charge on any atom is 0.134 e. The monoisotopic (exact) mass is 203 g/mol. The van der Waals surface area contributed by atoms with Crippen molar-refractivity contribution in [2.45, 2.75) is 39.0 Å². The SMILES string of the molecule is CCCCCCC=CNC(=S)S. The summed E-state index contributed by atoms with van der Waals surface area (Å²) in [5.74, 6) is 0. The van der Waals surface area contributed by atoms with E-state index in [0.29, 0.717) is 4.32 Å². The van der Waals surface area contributed by atoms with Crippen LogP contribution in [-0.2, 0) is 0 Å². The topological polar surface area (TPSA) is 12.0 Å². The average Bonchev–Trinajstić information content (AvgIpc) is 2.02. The first-order chi connectivity index (χ1) is 5.77. The van der Waals surface area contributed by atoms with E-state index in [9.17, 15) is 0 Å². The second-order valence-corrected chi connectivity index (χ2v) is 3.86. The minimum Gasteiger partial charge on any atom is -0.348 e. The molecular weight excluding hydrogens is 186 g/mol. The molecule has 1 N–H and O–H groups in total. The third-order valence-electron chi connectivity index (χ3n) is 1.55. The van der Waals surface area contributed by atoms with Crippen LogP contribution in [0.3, 0.4) is 0 Å².